The summed E-state index contributed by atoms with van der Waals surface area (Å²) in [5, 5.41) is 0.325. The maximum atomic E-state index is 6.15. The molecule has 0 N–H and O–H groups in total. The Morgan fingerprint density at radius 3 is 2.33 bits per heavy atom. The highest BCUT2D eigenvalue weighted by Crippen LogP contribution is 2.31. The van der Waals surface area contributed by atoms with Crippen molar-refractivity contribution in [2.45, 2.75) is 6.61 Å². The smallest absolute Gasteiger partial charge is 0.238 e. The average molecular weight is 362 g/mol. The zero-order chi connectivity index (χ0) is 16.9. The van der Waals surface area contributed by atoms with E-state index in [1.54, 1.807) is 31.6 Å². The number of pyridine rings is 1. The number of rotatable bonds is 5. The molecule has 0 unspecified atom stereocenters. The number of hydrogen-bond acceptors (Lipinski definition) is 5. The minimum absolute atomic E-state index is 0.142. The van der Waals surface area contributed by atoms with E-state index in [1.807, 2.05) is 24.3 Å². The topological polar surface area (TPSA) is 57.1 Å². The Balaban J connectivity index is 1.83. The molecule has 122 valence electrons. The molecule has 0 saturated heterocycles. The number of ether oxygens (including phenoxy) is 2. The highest BCUT2D eigenvalue weighted by Gasteiger charge is 2.14. The third kappa shape index (κ3) is 3.75. The number of halogens is 2. The predicted molar refractivity (Wildman–Crippen MR) is 92.6 cm³/mol. The normalized spacial score (nSPS) is 10.5. The van der Waals surface area contributed by atoms with E-state index in [-0.39, 0.29) is 16.1 Å². The van der Waals surface area contributed by atoms with Crippen LogP contribution in [0.1, 0.15) is 5.56 Å². The van der Waals surface area contributed by atoms with Gasteiger partial charge < -0.3 is 9.47 Å². The van der Waals surface area contributed by atoms with E-state index in [0.29, 0.717) is 12.4 Å². The summed E-state index contributed by atoms with van der Waals surface area (Å²) in [6.07, 6.45) is 3.30. The van der Waals surface area contributed by atoms with Crippen molar-refractivity contribution in [3.05, 3.63) is 64.5 Å². The van der Waals surface area contributed by atoms with E-state index in [9.17, 15) is 0 Å². The summed E-state index contributed by atoms with van der Waals surface area (Å²) in [6.45, 7) is 0.298. The molecule has 3 rings (SSSR count). The first-order valence-corrected chi connectivity index (χ1v) is 7.82. The molecule has 2 heterocycles. The van der Waals surface area contributed by atoms with Gasteiger partial charge in [0.15, 0.2) is 11.0 Å². The highest BCUT2D eigenvalue weighted by molar-refractivity contribution is 6.42. The summed E-state index contributed by atoms with van der Waals surface area (Å²) in [6, 6.07) is 11.1. The first-order chi connectivity index (χ1) is 11.7. The largest absolute Gasteiger partial charge is 0.497 e. The van der Waals surface area contributed by atoms with Crippen LogP contribution in [-0.4, -0.2) is 22.1 Å². The second-order valence-electron chi connectivity index (χ2n) is 4.83. The van der Waals surface area contributed by atoms with Gasteiger partial charge >= 0.3 is 0 Å². The van der Waals surface area contributed by atoms with Gasteiger partial charge in [-0.1, -0.05) is 35.3 Å². The first-order valence-electron chi connectivity index (χ1n) is 7.06. The summed E-state index contributed by atoms with van der Waals surface area (Å²) in [5.74, 6) is 1.44. The Labute approximate surface area is 149 Å². The maximum absolute atomic E-state index is 6.15. The van der Waals surface area contributed by atoms with Crippen LogP contribution in [0.3, 0.4) is 0 Å². The molecule has 0 amide bonds. The zero-order valence-electron chi connectivity index (χ0n) is 12.7. The SMILES string of the molecule is COc1ccc(COc2nc(-c3ccncc3)nc(Cl)c2Cl)cc1. The Morgan fingerprint density at radius 2 is 1.67 bits per heavy atom. The van der Waals surface area contributed by atoms with Crippen molar-refractivity contribution in [3.63, 3.8) is 0 Å². The molecule has 5 nitrogen and oxygen atoms in total. The van der Waals surface area contributed by atoms with Gasteiger partial charge in [0.05, 0.1) is 7.11 Å². The zero-order valence-corrected chi connectivity index (χ0v) is 14.3. The first kappa shape index (κ1) is 16.5. The van der Waals surface area contributed by atoms with Crippen LogP contribution in [0.5, 0.6) is 11.6 Å². The molecular formula is C17H13Cl2N3O2. The fraction of sp³-hybridized carbons (Fsp3) is 0.118. The fourth-order valence-corrected chi connectivity index (χ4v) is 2.30. The highest BCUT2D eigenvalue weighted by atomic mass is 35.5. The van der Waals surface area contributed by atoms with Crippen molar-refractivity contribution in [1.29, 1.82) is 0 Å². The van der Waals surface area contributed by atoms with Crippen molar-refractivity contribution in [2.24, 2.45) is 0 Å². The summed E-state index contributed by atoms with van der Waals surface area (Å²) in [7, 11) is 1.62. The van der Waals surface area contributed by atoms with Crippen LogP contribution in [0.2, 0.25) is 10.2 Å². The van der Waals surface area contributed by atoms with Crippen LogP contribution in [0, 0.1) is 0 Å². The fourth-order valence-electron chi connectivity index (χ4n) is 2.00. The molecule has 24 heavy (non-hydrogen) atoms. The minimum atomic E-state index is 0.142. The van der Waals surface area contributed by atoms with Crippen molar-refractivity contribution < 1.29 is 9.47 Å². The molecule has 1 aromatic carbocycles. The van der Waals surface area contributed by atoms with Gasteiger partial charge in [0.25, 0.3) is 0 Å². The van der Waals surface area contributed by atoms with Crippen molar-refractivity contribution >= 4 is 23.2 Å². The Bertz CT molecular complexity index is 827. The van der Waals surface area contributed by atoms with Gasteiger partial charge in [-0.05, 0) is 29.8 Å². The quantitative estimate of drug-likeness (QED) is 0.629. The molecular weight excluding hydrogens is 349 g/mol. The van der Waals surface area contributed by atoms with Gasteiger partial charge in [0.1, 0.15) is 17.4 Å². The lowest BCUT2D eigenvalue weighted by Gasteiger charge is -2.10. The lowest BCUT2D eigenvalue weighted by atomic mass is 10.2. The molecule has 0 saturated carbocycles. The van der Waals surface area contributed by atoms with Gasteiger partial charge in [0.2, 0.25) is 5.88 Å². The van der Waals surface area contributed by atoms with Crippen molar-refractivity contribution in [2.75, 3.05) is 7.11 Å². The minimum Gasteiger partial charge on any atom is -0.497 e. The van der Waals surface area contributed by atoms with Crippen molar-refractivity contribution in [3.8, 4) is 23.0 Å². The van der Waals surface area contributed by atoms with Gasteiger partial charge in [0, 0.05) is 18.0 Å². The molecule has 0 aliphatic rings. The van der Waals surface area contributed by atoms with Crippen LogP contribution < -0.4 is 9.47 Å². The molecule has 0 fully saturated rings. The monoisotopic (exact) mass is 361 g/mol. The second kappa shape index (κ2) is 7.47. The van der Waals surface area contributed by atoms with E-state index < -0.39 is 0 Å². The lowest BCUT2D eigenvalue weighted by Crippen LogP contribution is -2.01. The number of hydrogen-bond donors (Lipinski definition) is 0. The third-order valence-electron chi connectivity index (χ3n) is 3.25. The van der Waals surface area contributed by atoms with Crippen LogP contribution >= 0.6 is 23.2 Å². The van der Waals surface area contributed by atoms with Crippen LogP contribution in [-0.2, 0) is 6.61 Å². The molecule has 0 atom stereocenters. The molecule has 3 aromatic rings. The van der Waals surface area contributed by atoms with Gasteiger partial charge in [-0.2, -0.15) is 4.98 Å². The molecule has 0 aliphatic carbocycles. The Morgan fingerprint density at radius 1 is 0.958 bits per heavy atom. The number of nitrogens with zero attached hydrogens (tertiary/aromatic N) is 3. The van der Waals surface area contributed by atoms with Crippen LogP contribution in [0.15, 0.2) is 48.8 Å². The summed E-state index contributed by atoms with van der Waals surface area (Å²) in [5.41, 5.74) is 1.73. The average Bonchev–Trinajstić information content (AvgIpc) is 2.64. The Hall–Kier alpha value is -2.37. The molecule has 0 spiro atoms. The maximum Gasteiger partial charge on any atom is 0.238 e. The van der Waals surface area contributed by atoms with Gasteiger partial charge in [-0.15, -0.1) is 0 Å². The summed E-state index contributed by atoms with van der Waals surface area (Å²) >= 11 is 12.2. The third-order valence-corrected chi connectivity index (χ3v) is 3.96. The standard InChI is InChI=1S/C17H13Cl2N3O2/c1-23-13-4-2-11(3-5-13)10-24-17-14(18)15(19)21-16(22-17)12-6-8-20-9-7-12/h2-9H,10H2,1H3. The second-order valence-corrected chi connectivity index (χ2v) is 5.57. The van der Waals surface area contributed by atoms with Crippen molar-refractivity contribution in [1.82, 2.24) is 15.0 Å². The van der Waals surface area contributed by atoms with Crippen LogP contribution in [0.25, 0.3) is 11.4 Å². The molecule has 0 radical (unpaired) electrons. The van der Waals surface area contributed by atoms with E-state index in [4.69, 9.17) is 32.7 Å². The molecule has 0 aliphatic heterocycles. The van der Waals surface area contributed by atoms with E-state index in [1.165, 1.54) is 0 Å². The predicted octanol–water partition coefficient (Wildman–Crippen LogP) is 4.43. The van der Waals surface area contributed by atoms with Gasteiger partial charge in [-0.3, -0.25) is 4.98 Å². The molecule has 2 aromatic heterocycles. The molecule has 0 bridgehead atoms. The lowest BCUT2D eigenvalue weighted by molar-refractivity contribution is 0.293. The summed E-state index contributed by atoms with van der Waals surface area (Å²) in [4.78, 5) is 12.5. The number of benzene rings is 1. The molecule has 7 heteroatoms. The Kier molecular flexibility index (Phi) is 5.13. The number of aromatic nitrogens is 3. The number of methoxy groups -OCH3 is 1. The van der Waals surface area contributed by atoms with E-state index >= 15 is 0 Å². The van der Waals surface area contributed by atoms with Gasteiger partial charge in [-0.25, -0.2) is 4.98 Å². The van der Waals surface area contributed by atoms with Crippen LogP contribution in [0.4, 0.5) is 0 Å². The summed E-state index contributed by atoms with van der Waals surface area (Å²) < 4.78 is 10.8. The van der Waals surface area contributed by atoms with E-state index in [0.717, 1.165) is 16.9 Å². The van der Waals surface area contributed by atoms with E-state index in [2.05, 4.69) is 15.0 Å².